The molecule has 0 saturated carbocycles. The first-order valence-corrected chi connectivity index (χ1v) is 8.70. The molecule has 0 bridgehead atoms. The van der Waals surface area contributed by atoms with E-state index in [0.717, 1.165) is 17.1 Å². The van der Waals surface area contributed by atoms with Gasteiger partial charge in [-0.2, -0.15) is 0 Å². The number of amides is 1. The predicted molar refractivity (Wildman–Crippen MR) is 95.0 cm³/mol. The maximum Gasteiger partial charge on any atom is 0.253 e. The smallest absolute Gasteiger partial charge is 0.253 e. The number of thioether (sulfide) groups is 1. The SMILES string of the molecule is CCSc1ccc(C(=O)N(C)CCc2ccccc2)cc1Cl. The van der Waals surface area contributed by atoms with Crippen LogP contribution < -0.4 is 0 Å². The summed E-state index contributed by atoms with van der Waals surface area (Å²) >= 11 is 7.92. The molecule has 0 radical (unpaired) electrons. The molecule has 2 aromatic rings. The third-order valence-electron chi connectivity index (χ3n) is 3.40. The summed E-state index contributed by atoms with van der Waals surface area (Å²) < 4.78 is 0. The van der Waals surface area contributed by atoms with Crippen molar-refractivity contribution in [2.24, 2.45) is 0 Å². The third-order valence-corrected chi connectivity index (χ3v) is 4.78. The van der Waals surface area contributed by atoms with Crippen LogP contribution in [0.25, 0.3) is 0 Å². The summed E-state index contributed by atoms with van der Waals surface area (Å²) in [6.07, 6.45) is 0.848. The summed E-state index contributed by atoms with van der Waals surface area (Å²) in [7, 11) is 1.83. The fourth-order valence-electron chi connectivity index (χ4n) is 2.17. The van der Waals surface area contributed by atoms with Gasteiger partial charge < -0.3 is 4.90 Å². The van der Waals surface area contributed by atoms with Crippen LogP contribution in [0.4, 0.5) is 0 Å². The van der Waals surface area contributed by atoms with E-state index < -0.39 is 0 Å². The molecule has 0 N–H and O–H groups in total. The molecule has 2 aromatic carbocycles. The second-order valence-corrected chi connectivity index (χ2v) is 6.75. The summed E-state index contributed by atoms with van der Waals surface area (Å²) in [5, 5.41) is 0.647. The summed E-state index contributed by atoms with van der Waals surface area (Å²) in [6.45, 7) is 2.77. The summed E-state index contributed by atoms with van der Waals surface area (Å²) in [5.74, 6) is 0.968. The van der Waals surface area contributed by atoms with E-state index in [4.69, 9.17) is 11.6 Å². The van der Waals surface area contributed by atoms with E-state index in [2.05, 4.69) is 19.1 Å². The molecular weight excluding hydrogens is 314 g/mol. The molecule has 0 aliphatic rings. The zero-order chi connectivity index (χ0) is 15.9. The Balaban J connectivity index is 1.99. The molecule has 4 heteroatoms. The minimum atomic E-state index is 0.00544. The van der Waals surface area contributed by atoms with Gasteiger partial charge in [-0.25, -0.2) is 0 Å². The van der Waals surface area contributed by atoms with E-state index in [1.54, 1.807) is 22.7 Å². The number of likely N-dealkylation sites (N-methyl/N-ethyl adjacent to an activating group) is 1. The van der Waals surface area contributed by atoms with Crippen molar-refractivity contribution in [2.75, 3.05) is 19.3 Å². The molecule has 0 aliphatic carbocycles. The minimum absolute atomic E-state index is 0.00544. The normalized spacial score (nSPS) is 10.5. The fraction of sp³-hybridized carbons (Fsp3) is 0.278. The van der Waals surface area contributed by atoms with Crippen molar-refractivity contribution in [1.82, 2.24) is 4.90 Å². The monoisotopic (exact) mass is 333 g/mol. The summed E-state index contributed by atoms with van der Waals surface area (Å²) in [4.78, 5) is 15.2. The molecule has 0 fully saturated rings. The molecule has 116 valence electrons. The highest BCUT2D eigenvalue weighted by atomic mass is 35.5. The highest BCUT2D eigenvalue weighted by Gasteiger charge is 2.13. The number of carbonyl (C=O) groups is 1. The standard InChI is InChI=1S/C18H20ClNOS/c1-3-22-17-10-9-15(13-16(17)19)18(21)20(2)12-11-14-7-5-4-6-8-14/h4-10,13H,3,11-12H2,1-2H3. The van der Waals surface area contributed by atoms with E-state index in [1.165, 1.54) is 5.56 Å². The van der Waals surface area contributed by atoms with Crippen LogP contribution >= 0.6 is 23.4 Å². The van der Waals surface area contributed by atoms with Crippen LogP contribution in [0.5, 0.6) is 0 Å². The van der Waals surface area contributed by atoms with Gasteiger partial charge in [-0.05, 0) is 35.9 Å². The Labute approximate surface area is 141 Å². The number of carbonyl (C=O) groups excluding carboxylic acids is 1. The van der Waals surface area contributed by atoms with Crippen molar-refractivity contribution in [3.63, 3.8) is 0 Å². The Kier molecular flexibility index (Phi) is 6.34. The molecule has 0 aliphatic heterocycles. The molecular formula is C18H20ClNOS. The lowest BCUT2D eigenvalue weighted by atomic mass is 10.1. The first-order chi connectivity index (χ1) is 10.6. The van der Waals surface area contributed by atoms with Crippen molar-refractivity contribution in [2.45, 2.75) is 18.2 Å². The minimum Gasteiger partial charge on any atom is -0.341 e. The first-order valence-electron chi connectivity index (χ1n) is 7.33. The lowest BCUT2D eigenvalue weighted by Crippen LogP contribution is -2.28. The van der Waals surface area contributed by atoms with E-state index >= 15 is 0 Å². The van der Waals surface area contributed by atoms with Gasteiger partial charge in [0.2, 0.25) is 0 Å². The van der Waals surface area contributed by atoms with Crippen molar-refractivity contribution in [1.29, 1.82) is 0 Å². The van der Waals surface area contributed by atoms with E-state index in [-0.39, 0.29) is 5.91 Å². The predicted octanol–water partition coefficient (Wildman–Crippen LogP) is 4.77. The molecule has 1 amide bonds. The van der Waals surface area contributed by atoms with Crippen molar-refractivity contribution in [3.05, 3.63) is 64.7 Å². The highest BCUT2D eigenvalue weighted by Crippen LogP contribution is 2.28. The number of benzene rings is 2. The van der Waals surface area contributed by atoms with Gasteiger partial charge in [0.25, 0.3) is 5.91 Å². The molecule has 2 nitrogen and oxygen atoms in total. The van der Waals surface area contributed by atoms with Gasteiger partial charge in [-0.3, -0.25) is 4.79 Å². The average molecular weight is 334 g/mol. The summed E-state index contributed by atoms with van der Waals surface area (Å²) in [6, 6.07) is 15.7. The number of nitrogens with zero attached hydrogens (tertiary/aromatic N) is 1. The Morgan fingerprint density at radius 2 is 1.91 bits per heavy atom. The quantitative estimate of drug-likeness (QED) is 0.710. The fourth-order valence-corrected chi connectivity index (χ4v) is 3.19. The van der Waals surface area contributed by atoms with Gasteiger partial charge in [0, 0.05) is 24.1 Å². The number of hydrogen-bond acceptors (Lipinski definition) is 2. The molecule has 2 rings (SSSR count). The van der Waals surface area contributed by atoms with Crippen LogP contribution in [-0.4, -0.2) is 30.2 Å². The highest BCUT2D eigenvalue weighted by molar-refractivity contribution is 7.99. The van der Waals surface area contributed by atoms with Gasteiger partial charge in [0.15, 0.2) is 0 Å². The maximum absolute atomic E-state index is 12.4. The Morgan fingerprint density at radius 3 is 2.55 bits per heavy atom. The molecule has 0 unspecified atom stereocenters. The molecule has 0 heterocycles. The second kappa shape index (κ2) is 8.25. The Bertz CT molecular complexity index is 630. The van der Waals surface area contributed by atoms with Crippen LogP contribution in [0.3, 0.4) is 0 Å². The largest absolute Gasteiger partial charge is 0.341 e. The maximum atomic E-state index is 12.4. The molecule has 0 atom stereocenters. The average Bonchev–Trinajstić information content (AvgIpc) is 2.55. The lowest BCUT2D eigenvalue weighted by Gasteiger charge is -2.17. The molecule has 0 spiro atoms. The Hall–Kier alpha value is -1.45. The van der Waals surface area contributed by atoms with Crippen LogP contribution in [0.15, 0.2) is 53.4 Å². The molecule has 0 aromatic heterocycles. The van der Waals surface area contributed by atoms with Crippen molar-refractivity contribution >= 4 is 29.3 Å². The lowest BCUT2D eigenvalue weighted by molar-refractivity contribution is 0.0796. The summed E-state index contributed by atoms with van der Waals surface area (Å²) in [5.41, 5.74) is 1.87. The van der Waals surface area contributed by atoms with Crippen LogP contribution in [-0.2, 0) is 6.42 Å². The van der Waals surface area contributed by atoms with Gasteiger partial charge >= 0.3 is 0 Å². The number of hydrogen-bond donors (Lipinski definition) is 0. The zero-order valence-electron chi connectivity index (χ0n) is 12.9. The van der Waals surface area contributed by atoms with Gasteiger partial charge in [0.05, 0.1) is 5.02 Å². The second-order valence-electron chi connectivity index (χ2n) is 5.04. The number of halogens is 1. The molecule has 22 heavy (non-hydrogen) atoms. The first kappa shape index (κ1) is 16.9. The molecule has 0 saturated heterocycles. The van der Waals surface area contributed by atoms with Crippen molar-refractivity contribution < 1.29 is 4.79 Å². The van der Waals surface area contributed by atoms with Crippen molar-refractivity contribution in [3.8, 4) is 0 Å². The third kappa shape index (κ3) is 4.52. The van der Waals surface area contributed by atoms with Crippen LogP contribution in [0.2, 0.25) is 5.02 Å². The van der Waals surface area contributed by atoms with Crippen LogP contribution in [0, 0.1) is 0 Å². The van der Waals surface area contributed by atoms with Gasteiger partial charge in [-0.15, -0.1) is 11.8 Å². The number of rotatable bonds is 6. The van der Waals surface area contributed by atoms with Crippen LogP contribution in [0.1, 0.15) is 22.8 Å². The van der Waals surface area contributed by atoms with E-state index in [0.29, 0.717) is 17.1 Å². The van der Waals surface area contributed by atoms with Gasteiger partial charge in [0.1, 0.15) is 0 Å². The van der Waals surface area contributed by atoms with Gasteiger partial charge in [-0.1, -0.05) is 48.9 Å². The Morgan fingerprint density at radius 1 is 1.18 bits per heavy atom. The van der Waals surface area contributed by atoms with E-state index in [1.807, 2.05) is 37.4 Å². The van der Waals surface area contributed by atoms with E-state index in [9.17, 15) is 4.79 Å². The topological polar surface area (TPSA) is 20.3 Å². The zero-order valence-corrected chi connectivity index (χ0v) is 14.5.